The quantitative estimate of drug-likeness (QED) is 0.379. The number of nitrogens with one attached hydrogen (secondary N) is 1. The van der Waals surface area contributed by atoms with E-state index in [4.69, 9.17) is 0 Å². The molecule has 2 aromatic heterocycles. The number of likely N-dealkylation sites (N-methyl/N-ethyl adjacent to an activating group) is 1. The molecule has 1 N–H and O–H groups in total. The third-order valence-corrected chi connectivity index (χ3v) is 12.3. The lowest BCUT2D eigenvalue weighted by molar-refractivity contribution is -0.137. The number of nitrogens with zero attached hydrogens (tertiary/aromatic N) is 4. The van der Waals surface area contributed by atoms with E-state index in [1.165, 1.54) is 114 Å². The molecule has 7 rings (SSSR count). The van der Waals surface area contributed by atoms with Gasteiger partial charge in [-0.05, 0) is 109 Å². The van der Waals surface area contributed by atoms with Crippen LogP contribution in [0.4, 0.5) is 0 Å². The Morgan fingerprint density at radius 3 is 2.24 bits per heavy atom. The van der Waals surface area contributed by atoms with Gasteiger partial charge in [-0.25, -0.2) is 0 Å². The molecule has 0 aliphatic carbocycles. The highest BCUT2D eigenvalue weighted by Crippen LogP contribution is 2.44. The average Bonchev–Trinajstić information content (AvgIpc) is 3.78. The number of aromatic amines is 1. The minimum Gasteiger partial charge on any atom is -0.346 e. The topological polar surface area (TPSA) is 45.8 Å². The van der Waals surface area contributed by atoms with E-state index < -0.39 is 5.41 Å². The molecule has 0 saturated carbocycles. The number of hydrogen-bond acceptors (Lipinski definition) is 5. The van der Waals surface area contributed by atoms with Crippen molar-refractivity contribution in [1.82, 2.24) is 24.6 Å². The number of carbonyl (C=O) groups excluding carboxylic acids is 1. The zero-order chi connectivity index (χ0) is 29.2. The highest BCUT2D eigenvalue weighted by molar-refractivity contribution is 7.19. The first kappa shape index (κ1) is 28.6. The van der Waals surface area contributed by atoms with Crippen LogP contribution in [-0.4, -0.2) is 101 Å². The smallest absolute Gasteiger partial charge is 0.233 e. The highest BCUT2D eigenvalue weighted by Gasteiger charge is 2.47. The number of H-pyrrole nitrogens is 1. The second-order valence-electron chi connectivity index (χ2n) is 14.3. The lowest BCUT2D eigenvalue weighted by atomic mass is 9.88. The van der Waals surface area contributed by atoms with Crippen LogP contribution in [0.3, 0.4) is 0 Å². The van der Waals surface area contributed by atoms with Gasteiger partial charge in [0.25, 0.3) is 0 Å². The maximum atomic E-state index is 14.0. The number of aryl methyl sites for hydroxylation is 2. The first-order valence-electron chi connectivity index (χ1n) is 16.4. The lowest BCUT2D eigenvalue weighted by Gasteiger charge is -2.36. The van der Waals surface area contributed by atoms with Crippen molar-refractivity contribution in [2.75, 3.05) is 52.9 Å². The van der Waals surface area contributed by atoms with Crippen molar-refractivity contribution in [2.45, 2.75) is 89.8 Å². The molecule has 1 unspecified atom stereocenters. The maximum absolute atomic E-state index is 14.0. The third-order valence-electron chi connectivity index (χ3n) is 10.9. The molecule has 2 bridgehead atoms. The summed E-state index contributed by atoms with van der Waals surface area (Å²) in [4.78, 5) is 30.4. The van der Waals surface area contributed by atoms with Crippen LogP contribution < -0.4 is 0 Å². The molecular formula is C35H49N5OS. The Hall–Kier alpha value is -2.19. The zero-order valence-electron chi connectivity index (χ0n) is 26.3. The van der Waals surface area contributed by atoms with Gasteiger partial charge in [-0.3, -0.25) is 9.69 Å². The van der Waals surface area contributed by atoms with Gasteiger partial charge in [0.2, 0.25) is 5.91 Å². The second kappa shape index (κ2) is 11.1. The molecule has 1 amide bonds. The lowest BCUT2D eigenvalue weighted by Crippen LogP contribution is -2.49. The zero-order valence-corrected chi connectivity index (χ0v) is 27.2. The molecule has 4 aliphatic heterocycles. The second-order valence-corrected chi connectivity index (χ2v) is 15.4. The van der Waals surface area contributed by atoms with E-state index >= 15 is 0 Å². The fourth-order valence-electron chi connectivity index (χ4n) is 8.41. The number of fused-ring (bicyclic) bond motifs is 3. The maximum Gasteiger partial charge on any atom is 0.233 e. The van der Waals surface area contributed by atoms with Crippen LogP contribution in [0.2, 0.25) is 0 Å². The van der Waals surface area contributed by atoms with Crippen LogP contribution in [0, 0.1) is 13.8 Å². The molecular weight excluding hydrogens is 538 g/mol. The number of carbonyl (C=O) groups is 1. The Labute approximate surface area is 256 Å². The van der Waals surface area contributed by atoms with Gasteiger partial charge in [0.05, 0.1) is 11.1 Å². The molecule has 7 heteroatoms. The van der Waals surface area contributed by atoms with Gasteiger partial charge in [0.15, 0.2) is 0 Å². The molecule has 6 nitrogen and oxygen atoms in total. The van der Waals surface area contributed by atoms with Gasteiger partial charge in [0.1, 0.15) is 4.83 Å². The molecule has 4 saturated heterocycles. The van der Waals surface area contributed by atoms with E-state index in [-0.39, 0.29) is 0 Å². The summed E-state index contributed by atoms with van der Waals surface area (Å²) in [5.74, 6) is 0.333. The molecule has 1 aromatic carbocycles. The minimum absolute atomic E-state index is 0.333. The Morgan fingerprint density at radius 1 is 0.905 bits per heavy atom. The average molecular weight is 588 g/mol. The summed E-state index contributed by atoms with van der Waals surface area (Å²) in [6, 6.07) is 10.9. The van der Waals surface area contributed by atoms with E-state index in [1.807, 2.05) is 0 Å². The van der Waals surface area contributed by atoms with Gasteiger partial charge in [-0.1, -0.05) is 17.2 Å². The standard InChI is InChI=1S/C35H49N5OS/c1-23-18-24(2)20-25(19-23)32-29(11-13-38-12-10-28(22-38)39-16-14-37(5)15-17-39)30-21-31(42-33(30)36-32)35(3,4)34(41)40-26-6-7-27(40)9-8-26/h18-21,26-28,36H,6-17,22H2,1-5H3. The Balaban J connectivity index is 1.16. The number of amides is 1. The van der Waals surface area contributed by atoms with Crippen molar-refractivity contribution in [1.29, 1.82) is 0 Å². The largest absolute Gasteiger partial charge is 0.346 e. The fourth-order valence-corrected chi connectivity index (χ4v) is 9.59. The van der Waals surface area contributed by atoms with Crippen molar-refractivity contribution >= 4 is 27.5 Å². The van der Waals surface area contributed by atoms with E-state index in [0.29, 0.717) is 24.0 Å². The van der Waals surface area contributed by atoms with Crippen LogP contribution in [0.25, 0.3) is 21.5 Å². The Morgan fingerprint density at radius 2 is 1.57 bits per heavy atom. The number of piperazine rings is 1. The molecule has 42 heavy (non-hydrogen) atoms. The summed E-state index contributed by atoms with van der Waals surface area (Å²) in [6.07, 6.45) is 7.06. The van der Waals surface area contributed by atoms with Crippen molar-refractivity contribution in [3.05, 3.63) is 45.8 Å². The predicted octanol–water partition coefficient (Wildman–Crippen LogP) is 5.81. The van der Waals surface area contributed by atoms with Crippen molar-refractivity contribution in [3.8, 4) is 11.3 Å². The summed E-state index contributed by atoms with van der Waals surface area (Å²) in [5, 5.41) is 1.32. The summed E-state index contributed by atoms with van der Waals surface area (Å²) in [7, 11) is 2.24. The number of benzene rings is 1. The van der Waals surface area contributed by atoms with Gasteiger partial charge in [-0.15, -0.1) is 11.3 Å². The fraction of sp³-hybridized carbons (Fsp3) is 0.629. The molecule has 226 valence electrons. The van der Waals surface area contributed by atoms with Crippen LogP contribution in [-0.2, 0) is 16.6 Å². The van der Waals surface area contributed by atoms with Gasteiger partial charge in [0, 0.05) is 67.7 Å². The monoisotopic (exact) mass is 587 g/mol. The molecule has 0 spiro atoms. The molecule has 6 heterocycles. The van der Waals surface area contributed by atoms with Crippen molar-refractivity contribution in [3.63, 3.8) is 0 Å². The Bertz CT molecular complexity index is 1420. The van der Waals surface area contributed by atoms with Gasteiger partial charge >= 0.3 is 0 Å². The van der Waals surface area contributed by atoms with Crippen LogP contribution in [0.1, 0.15) is 67.5 Å². The van der Waals surface area contributed by atoms with E-state index in [1.54, 1.807) is 11.3 Å². The number of likely N-dealkylation sites (tertiary alicyclic amines) is 1. The summed E-state index contributed by atoms with van der Waals surface area (Å²) in [6.45, 7) is 17.0. The summed E-state index contributed by atoms with van der Waals surface area (Å²) < 4.78 is 0. The first-order chi connectivity index (χ1) is 20.2. The molecule has 4 aliphatic rings. The SMILES string of the molecule is Cc1cc(C)cc(-c2[nH]c3sc(C(C)(C)C(=O)N4C5CCC4CC5)cc3c2CCN2CCC(N3CCN(C)CC3)C2)c1. The van der Waals surface area contributed by atoms with Crippen molar-refractivity contribution in [2.24, 2.45) is 0 Å². The molecule has 3 aromatic rings. The molecule has 1 atom stereocenters. The van der Waals surface area contributed by atoms with E-state index in [0.717, 1.165) is 13.0 Å². The van der Waals surface area contributed by atoms with Crippen molar-refractivity contribution < 1.29 is 4.79 Å². The molecule has 0 radical (unpaired) electrons. The van der Waals surface area contributed by atoms with E-state index in [2.05, 4.69) is 83.6 Å². The van der Waals surface area contributed by atoms with Crippen LogP contribution in [0.15, 0.2) is 24.3 Å². The molecule has 4 fully saturated rings. The number of aromatic nitrogens is 1. The van der Waals surface area contributed by atoms with E-state index in [9.17, 15) is 4.79 Å². The van der Waals surface area contributed by atoms with Gasteiger partial charge in [-0.2, -0.15) is 0 Å². The normalized spacial score (nSPS) is 25.8. The Kier molecular flexibility index (Phi) is 7.53. The minimum atomic E-state index is -0.502. The summed E-state index contributed by atoms with van der Waals surface area (Å²) >= 11 is 1.80. The number of hydrogen-bond donors (Lipinski definition) is 1. The summed E-state index contributed by atoms with van der Waals surface area (Å²) in [5.41, 5.74) is 6.08. The van der Waals surface area contributed by atoms with Crippen LogP contribution >= 0.6 is 11.3 Å². The highest BCUT2D eigenvalue weighted by atomic mass is 32.1. The number of rotatable bonds is 7. The predicted molar refractivity (Wildman–Crippen MR) is 175 cm³/mol. The van der Waals surface area contributed by atoms with Crippen LogP contribution in [0.5, 0.6) is 0 Å². The third kappa shape index (κ3) is 5.14. The van der Waals surface area contributed by atoms with Gasteiger partial charge < -0.3 is 19.7 Å². The first-order valence-corrected chi connectivity index (χ1v) is 17.2. The number of thiophene rings is 1.